The summed E-state index contributed by atoms with van der Waals surface area (Å²) in [7, 11) is 2.93. The molecule has 0 radical (unpaired) electrons. The van der Waals surface area contributed by atoms with Crippen molar-refractivity contribution >= 4 is 17.2 Å². The Morgan fingerprint density at radius 3 is 2.56 bits per heavy atom. The predicted molar refractivity (Wildman–Crippen MR) is 103 cm³/mol. The third-order valence-corrected chi connectivity index (χ3v) is 6.15. The zero-order chi connectivity index (χ0) is 19.8. The fourth-order valence-electron chi connectivity index (χ4n) is 2.95. The molecule has 1 aliphatic carbocycles. The van der Waals surface area contributed by atoms with Crippen LogP contribution in [0.1, 0.15) is 54.5 Å². The Balaban J connectivity index is 2.09. The van der Waals surface area contributed by atoms with E-state index in [0.717, 1.165) is 6.54 Å². The van der Waals surface area contributed by atoms with E-state index < -0.39 is 5.91 Å². The molecule has 27 heavy (non-hydrogen) atoms. The summed E-state index contributed by atoms with van der Waals surface area (Å²) in [5, 5.41) is 7.73. The molecule has 1 saturated carbocycles. The van der Waals surface area contributed by atoms with Crippen LogP contribution in [0, 0.1) is 12.8 Å². The number of thiazole rings is 1. The van der Waals surface area contributed by atoms with Gasteiger partial charge in [0.25, 0.3) is 5.91 Å². The molecule has 0 atom stereocenters. The van der Waals surface area contributed by atoms with E-state index in [4.69, 9.17) is 9.47 Å². The van der Waals surface area contributed by atoms with Gasteiger partial charge in [-0.2, -0.15) is 4.99 Å². The van der Waals surface area contributed by atoms with E-state index in [-0.39, 0.29) is 22.7 Å². The number of rotatable bonds is 5. The lowest BCUT2D eigenvalue weighted by Crippen LogP contribution is -2.20. The summed E-state index contributed by atoms with van der Waals surface area (Å²) in [4.78, 5) is 19.3. The molecule has 2 heterocycles. The van der Waals surface area contributed by atoms with Crippen molar-refractivity contribution in [3.63, 3.8) is 0 Å². The summed E-state index contributed by atoms with van der Waals surface area (Å²) in [6, 6.07) is 1.51. The summed E-state index contributed by atoms with van der Waals surface area (Å²) in [5.41, 5.74) is 1.42. The molecule has 2 aromatic rings. The normalized spacial score (nSPS) is 15.1. The molecule has 1 fully saturated rings. The predicted octanol–water partition coefficient (Wildman–Crippen LogP) is 3.11. The number of amides is 1. The first-order valence-corrected chi connectivity index (χ1v) is 9.81. The van der Waals surface area contributed by atoms with Crippen LogP contribution < -0.4 is 14.3 Å². The molecule has 0 aromatic carbocycles. The average Bonchev–Trinajstić information content (AvgIpc) is 3.39. The minimum atomic E-state index is -0.411. The lowest BCUT2D eigenvalue weighted by molar-refractivity contribution is 0.0993. The SMILES string of the molecule is COc1cc(C(=O)N=c2sc(C(C)(C)C)c(C)n2CC2CC2)c(OC)nn1. The first-order chi connectivity index (χ1) is 12.7. The number of carbonyl (C=O) groups excluding carboxylic acids is 1. The van der Waals surface area contributed by atoms with E-state index in [1.807, 2.05) is 0 Å². The molecule has 0 aliphatic heterocycles. The number of carbonyl (C=O) groups is 1. The van der Waals surface area contributed by atoms with Gasteiger partial charge < -0.3 is 14.0 Å². The molecule has 2 aromatic heterocycles. The Bertz CT molecular complexity index is 920. The molecular weight excluding hydrogens is 364 g/mol. The fourth-order valence-corrected chi connectivity index (χ4v) is 4.15. The zero-order valence-electron chi connectivity index (χ0n) is 16.7. The third kappa shape index (κ3) is 4.21. The molecule has 8 heteroatoms. The van der Waals surface area contributed by atoms with Gasteiger partial charge in [0.2, 0.25) is 11.8 Å². The van der Waals surface area contributed by atoms with Crippen LogP contribution in [0.2, 0.25) is 0 Å². The zero-order valence-corrected chi connectivity index (χ0v) is 17.5. The van der Waals surface area contributed by atoms with Crippen LogP contribution in [-0.2, 0) is 12.0 Å². The van der Waals surface area contributed by atoms with Gasteiger partial charge in [0.1, 0.15) is 5.56 Å². The molecule has 1 amide bonds. The summed E-state index contributed by atoms with van der Waals surface area (Å²) in [6.45, 7) is 9.55. The third-order valence-electron chi connectivity index (χ3n) is 4.54. The fraction of sp³-hybridized carbons (Fsp3) is 0.579. The minimum Gasteiger partial charge on any atom is -0.480 e. The van der Waals surface area contributed by atoms with Gasteiger partial charge in [-0.3, -0.25) is 4.79 Å². The molecule has 1 aliphatic rings. The van der Waals surface area contributed by atoms with Crippen LogP contribution in [-0.4, -0.2) is 34.9 Å². The Morgan fingerprint density at radius 2 is 2.00 bits per heavy atom. The number of hydrogen-bond acceptors (Lipinski definition) is 6. The first kappa shape index (κ1) is 19.5. The summed E-state index contributed by atoms with van der Waals surface area (Å²) in [6.07, 6.45) is 2.47. The van der Waals surface area contributed by atoms with Gasteiger partial charge in [-0.05, 0) is 31.1 Å². The quantitative estimate of drug-likeness (QED) is 0.784. The topological polar surface area (TPSA) is 78.6 Å². The highest BCUT2D eigenvalue weighted by Gasteiger charge is 2.27. The van der Waals surface area contributed by atoms with Gasteiger partial charge in [0.05, 0.1) is 14.2 Å². The lowest BCUT2D eigenvalue weighted by Gasteiger charge is -2.17. The smallest absolute Gasteiger partial charge is 0.285 e. The highest BCUT2D eigenvalue weighted by atomic mass is 32.1. The van der Waals surface area contributed by atoms with E-state index >= 15 is 0 Å². The number of aromatic nitrogens is 3. The maximum absolute atomic E-state index is 12.9. The second kappa shape index (κ2) is 7.42. The molecule has 0 N–H and O–H groups in total. The van der Waals surface area contributed by atoms with Crippen molar-refractivity contribution in [3.8, 4) is 11.8 Å². The first-order valence-electron chi connectivity index (χ1n) is 9.00. The van der Waals surface area contributed by atoms with Crippen LogP contribution in [0.5, 0.6) is 11.8 Å². The van der Waals surface area contributed by atoms with Gasteiger partial charge >= 0.3 is 0 Å². The van der Waals surface area contributed by atoms with Crippen molar-refractivity contribution in [2.24, 2.45) is 10.9 Å². The van der Waals surface area contributed by atoms with Crippen molar-refractivity contribution in [1.82, 2.24) is 14.8 Å². The molecular formula is C19H26N4O3S. The van der Waals surface area contributed by atoms with Crippen molar-refractivity contribution in [1.29, 1.82) is 0 Å². The van der Waals surface area contributed by atoms with E-state index in [9.17, 15) is 4.79 Å². The molecule has 0 spiro atoms. The second-order valence-corrected chi connectivity index (χ2v) is 8.81. The summed E-state index contributed by atoms with van der Waals surface area (Å²) >= 11 is 1.58. The molecule has 0 unspecified atom stereocenters. The van der Waals surface area contributed by atoms with Crippen LogP contribution in [0.15, 0.2) is 11.1 Å². The Labute approximate surface area is 163 Å². The van der Waals surface area contributed by atoms with E-state index in [1.54, 1.807) is 11.3 Å². The standard InChI is InChI=1S/C19H26N4O3S/c1-11-15(19(2,3)4)27-18(23(11)10-12-7-8-12)20-16(24)13-9-14(25-5)21-22-17(13)26-6/h9,12H,7-8,10H2,1-6H3. The van der Waals surface area contributed by atoms with Crippen LogP contribution >= 0.6 is 11.3 Å². The van der Waals surface area contributed by atoms with Gasteiger partial charge in [-0.1, -0.05) is 20.8 Å². The maximum Gasteiger partial charge on any atom is 0.285 e. The van der Waals surface area contributed by atoms with E-state index in [0.29, 0.717) is 10.7 Å². The van der Waals surface area contributed by atoms with Crippen LogP contribution in [0.25, 0.3) is 0 Å². The second-order valence-electron chi connectivity index (χ2n) is 7.83. The maximum atomic E-state index is 12.9. The van der Waals surface area contributed by atoms with E-state index in [2.05, 4.69) is 47.5 Å². The van der Waals surface area contributed by atoms with Gasteiger partial charge in [0.15, 0.2) is 4.80 Å². The molecule has 7 nitrogen and oxygen atoms in total. The van der Waals surface area contributed by atoms with Crippen molar-refractivity contribution < 1.29 is 14.3 Å². The van der Waals surface area contributed by atoms with Crippen molar-refractivity contribution in [2.45, 2.75) is 52.5 Å². The molecule has 146 valence electrons. The molecule has 3 rings (SSSR count). The lowest BCUT2D eigenvalue weighted by atomic mass is 9.93. The van der Waals surface area contributed by atoms with E-state index in [1.165, 1.54) is 43.7 Å². The summed E-state index contributed by atoms with van der Waals surface area (Å²) < 4.78 is 12.4. The van der Waals surface area contributed by atoms with Gasteiger partial charge in [-0.15, -0.1) is 21.5 Å². The number of ether oxygens (including phenoxy) is 2. The van der Waals surface area contributed by atoms with Gasteiger partial charge in [0, 0.05) is 23.2 Å². The molecule has 0 bridgehead atoms. The minimum absolute atomic E-state index is 0.00397. The van der Waals surface area contributed by atoms with Crippen LogP contribution in [0.4, 0.5) is 0 Å². The highest BCUT2D eigenvalue weighted by Crippen LogP contribution is 2.33. The summed E-state index contributed by atoms with van der Waals surface area (Å²) in [5.74, 6) is 0.657. The van der Waals surface area contributed by atoms with Crippen LogP contribution in [0.3, 0.4) is 0 Å². The number of methoxy groups -OCH3 is 2. The van der Waals surface area contributed by atoms with Gasteiger partial charge in [-0.25, -0.2) is 0 Å². The highest BCUT2D eigenvalue weighted by molar-refractivity contribution is 7.09. The number of hydrogen-bond donors (Lipinski definition) is 0. The Morgan fingerprint density at radius 1 is 1.30 bits per heavy atom. The van der Waals surface area contributed by atoms with Crippen molar-refractivity contribution in [3.05, 3.63) is 27.0 Å². The monoisotopic (exact) mass is 390 g/mol. The van der Waals surface area contributed by atoms with Crippen molar-refractivity contribution in [2.75, 3.05) is 14.2 Å². The largest absolute Gasteiger partial charge is 0.480 e. The molecule has 0 saturated heterocycles. The Hall–Kier alpha value is -2.22. The number of nitrogens with zero attached hydrogens (tertiary/aromatic N) is 4. The average molecular weight is 391 g/mol. The Kier molecular flexibility index (Phi) is 5.37.